The topological polar surface area (TPSA) is 62.3 Å². The Kier molecular flexibility index (Phi) is 1.66. The van der Waals surface area contributed by atoms with Crippen LogP contribution in [-0.4, -0.2) is 16.6 Å². The molecule has 0 aliphatic rings. The van der Waals surface area contributed by atoms with Crippen molar-refractivity contribution >= 4 is 17.4 Å². The van der Waals surface area contributed by atoms with Crippen molar-refractivity contribution in [3.63, 3.8) is 0 Å². The summed E-state index contributed by atoms with van der Waals surface area (Å²) in [6.45, 7) is 0.268. The monoisotopic (exact) mass is 177 g/mol. The van der Waals surface area contributed by atoms with Crippen LogP contribution in [0.15, 0.2) is 24.3 Å². The molecule has 1 heterocycles. The summed E-state index contributed by atoms with van der Waals surface area (Å²) < 4.78 is 4.54. The average molecular weight is 177 g/mol. The molecule has 2 N–H and O–H groups in total. The van der Waals surface area contributed by atoms with Crippen molar-refractivity contribution in [2.45, 2.75) is 0 Å². The van der Waals surface area contributed by atoms with Crippen LogP contribution in [-0.2, 0) is 4.79 Å². The smallest absolute Gasteiger partial charge is 0.299 e. The fourth-order valence-electron chi connectivity index (χ4n) is 1.24. The predicted octanol–water partition coefficient (Wildman–Crippen LogP) is 1.41. The van der Waals surface area contributed by atoms with Gasteiger partial charge in [0.05, 0.1) is 5.52 Å². The van der Waals surface area contributed by atoms with E-state index in [1.54, 1.807) is 18.2 Å². The molecule has 13 heavy (non-hydrogen) atoms. The summed E-state index contributed by atoms with van der Waals surface area (Å²) in [6, 6.07) is 7.13. The molecule has 1 aromatic heterocycles. The van der Waals surface area contributed by atoms with Gasteiger partial charge < -0.3 is 14.8 Å². The van der Waals surface area contributed by atoms with Gasteiger partial charge in [0.15, 0.2) is 5.75 Å². The second-order valence-electron chi connectivity index (χ2n) is 2.56. The van der Waals surface area contributed by atoms with Crippen molar-refractivity contribution < 1.29 is 14.6 Å². The summed E-state index contributed by atoms with van der Waals surface area (Å²) in [5, 5.41) is 10.1. The maximum absolute atomic E-state index is 10.0. The third kappa shape index (κ3) is 1.12. The van der Waals surface area contributed by atoms with Crippen molar-refractivity contribution in [2.75, 3.05) is 0 Å². The third-order valence-electron chi connectivity index (χ3n) is 1.81. The number of carbonyl (C=O) groups excluding carboxylic acids is 1. The van der Waals surface area contributed by atoms with Gasteiger partial charge >= 0.3 is 0 Å². The lowest BCUT2D eigenvalue weighted by Gasteiger charge is -1.91. The molecule has 0 bridgehead atoms. The summed E-state index contributed by atoms with van der Waals surface area (Å²) in [5.41, 5.74) is 0.733. The van der Waals surface area contributed by atoms with Crippen molar-refractivity contribution in [1.82, 2.24) is 4.98 Å². The fourth-order valence-corrected chi connectivity index (χ4v) is 1.24. The molecule has 4 nitrogen and oxygen atoms in total. The highest BCUT2D eigenvalue weighted by Gasteiger charge is 2.09. The van der Waals surface area contributed by atoms with Gasteiger partial charge in [-0.25, -0.2) is 0 Å². The van der Waals surface area contributed by atoms with Crippen LogP contribution < -0.4 is 4.74 Å². The van der Waals surface area contributed by atoms with E-state index in [0.29, 0.717) is 5.39 Å². The minimum atomic E-state index is -0.0392. The first-order valence-electron chi connectivity index (χ1n) is 3.73. The lowest BCUT2D eigenvalue weighted by molar-refractivity contribution is -0.121. The van der Waals surface area contributed by atoms with E-state index >= 15 is 0 Å². The second-order valence-corrected chi connectivity index (χ2v) is 2.56. The molecule has 0 unspecified atom stereocenters. The van der Waals surface area contributed by atoms with Gasteiger partial charge in [-0.15, -0.1) is 0 Å². The number of aromatic hydroxyl groups is 1. The molecule has 0 fully saturated rings. The Morgan fingerprint density at radius 2 is 2.15 bits per heavy atom. The first-order chi connectivity index (χ1) is 6.33. The van der Waals surface area contributed by atoms with Gasteiger partial charge in [-0.2, -0.15) is 0 Å². The number of aromatic amines is 1. The Labute approximate surface area is 73.8 Å². The average Bonchev–Trinajstić information content (AvgIpc) is 2.46. The number of rotatable bonds is 2. The van der Waals surface area contributed by atoms with Crippen LogP contribution in [0.4, 0.5) is 0 Å². The molecule has 0 spiro atoms. The van der Waals surface area contributed by atoms with Crippen LogP contribution in [0.2, 0.25) is 0 Å². The zero-order chi connectivity index (χ0) is 9.26. The Morgan fingerprint density at radius 3 is 2.85 bits per heavy atom. The number of para-hydroxylation sites is 1. The zero-order valence-electron chi connectivity index (χ0n) is 6.65. The van der Waals surface area contributed by atoms with Crippen LogP contribution in [0.5, 0.6) is 11.6 Å². The Balaban J connectivity index is 2.66. The van der Waals surface area contributed by atoms with Crippen LogP contribution in [0.25, 0.3) is 10.9 Å². The van der Waals surface area contributed by atoms with Crippen LogP contribution in [0, 0.1) is 0 Å². The van der Waals surface area contributed by atoms with Crippen molar-refractivity contribution in [3.8, 4) is 11.6 Å². The van der Waals surface area contributed by atoms with Gasteiger partial charge in [-0.1, -0.05) is 12.1 Å². The Bertz CT molecular complexity index is 447. The van der Waals surface area contributed by atoms with Gasteiger partial charge in [0.25, 0.3) is 6.47 Å². The maximum atomic E-state index is 10.0. The lowest BCUT2D eigenvalue weighted by atomic mass is 10.2. The van der Waals surface area contributed by atoms with Crippen LogP contribution in [0.3, 0.4) is 0 Å². The molecule has 0 amide bonds. The van der Waals surface area contributed by atoms with E-state index in [2.05, 4.69) is 9.72 Å². The molecule has 0 saturated heterocycles. The van der Waals surface area contributed by atoms with Gasteiger partial charge in [0.2, 0.25) is 5.88 Å². The molecular weight excluding hydrogens is 170 g/mol. The molecule has 2 rings (SSSR count). The van der Waals surface area contributed by atoms with Crippen LogP contribution in [0.1, 0.15) is 0 Å². The standard InChI is InChI=1S/C9H7NO3/c11-5-13-9-8(12)6-3-1-2-4-7(6)10-9/h1-5,10,12H. The van der Waals surface area contributed by atoms with E-state index in [0.717, 1.165) is 5.52 Å². The number of aromatic nitrogens is 1. The molecule has 0 radical (unpaired) electrons. The molecule has 0 aliphatic heterocycles. The van der Waals surface area contributed by atoms with Gasteiger partial charge in [-0.05, 0) is 12.1 Å². The third-order valence-corrected chi connectivity index (χ3v) is 1.81. The number of H-pyrrole nitrogens is 1. The zero-order valence-corrected chi connectivity index (χ0v) is 6.65. The maximum Gasteiger partial charge on any atom is 0.299 e. The highest BCUT2D eigenvalue weighted by atomic mass is 16.5. The summed E-state index contributed by atoms with van der Waals surface area (Å²) in [4.78, 5) is 12.8. The van der Waals surface area contributed by atoms with E-state index in [4.69, 9.17) is 0 Å². The minimum Gasteiger partial charge on any atom is -0.503 e. The molecule has 0 saturated carbocycles. The first kappa shape index (κ1) is 7.67. The number of nitrogens with one attached hydrogen (secondary N) is 1. The number of benzene rings is 1. The molecule has 0 aliphatic carbocycles. The van der Waals surface area contributed by atoms with Crippen molar-refractivity contribution in [2.24, 2.45) is 0 Å². The molecule has 4 heteroatoms. The number of ether oxygens (including phenoxy) is 1. The van der Waals surface area contributed by atoms with Gasteiger partial charge in [0, 0.05) is 5.39 Å². The summed E-state index contributed by atoms with van der Waals surface area (Å²) >= 11 is 0. The summed E-state index contributed by atoms with van der Waals surface area (Å²) in [6.07, 6.45) is 0. The second kappa shape index (κ2) is 2.82. The predicted molar refractivity (Wildman–Crippen MR) is 46.7 cm³/mol. The fraction of sp³-hybridized carbons (Fsp3) is 0. The molecule has 0 atom stereocenters. The molecule has 66 valence electrons. The number of fused-ring (bicyclic) bond motifs is 1. The summed E-state index contributed by atoms with van der Waals surface area (Å²) in [7, 11) is 0. The van der Waals surface area contributed by atoms with Crippen molar-refractivity contribution in [3.05, 3.63) is 24.3 Å². The highest BCUT2D eigenvalue weighted by Crippen LogP contribution is 2.33. The normalized spacial score (nSPS) is 10.2. The van der Waals surface area contributed by atoms with E-state index in [1.165, 1.54) is 0 Å². The van der Waals surface area contributed by atoms with Crippen molar-refractivity contribution in [1.29, 1.82) is 0 Å². The highest BCUT2D eigenvalue weighted by molar-refractivity contribution is 5.89. The van der Waals surface area contributed by atoms with E-state index in [9.17, 15) is 9.90 Å². The molecule has 2 aromatic rings. The van der Waals surface area contributed by atoms with Crippen LogP contribution >= 0.6 is 0 Å². The molecular formula is C9H7NO3. The SMILES string of the molecule is O=COc1[nH]c2ccccc2c1O. The Morgan fingerprint density at radius 1 is 1.38 bits per heavy atom. The van der Waals surface area contributed by atoms with E-state index in [-0.39, 0.29) is 18.1 Å². The quantitative estimate of drug-likeness (QED) is 0.681. The summed E-state index contributed by atoms with van der Waals surface area (Å²) in [5.74, 6) is 0.0406. The number of carbonyl (C=O) groups is 1. The first-order valence-corrected chi connectivity index (χ1v) is 3.73. The van der Waals surface area contributed by atoms with Gasteiger partial charge in [0.1, 0.15) is 0 Å². The largest absolute Gasteiger partial charge is 0.503 e. The van der Waals surface area contributed by atoms with Gasteiger partial charge in [-0.3, -0.25) is 4.79 Å². The van der Waals surface area contributed by atoms with E-state index in [1.807, 2.05) is 6.07 Å². The minimum absolute atomic E-state index is 0.0392. The van der Waals surface area contributed by atoms with E-state index < -0.39 is 0 Å². The lowest BCUT2D eigenvalue weighted by Crippen LogP contribution is -1.87. The Hall–Kier alpha value is -1.97. The molecule has 1 aromatic carbocycles. The number of hydrogen-bond donors (Lipinski definition) is 2. The number of hydrogen-bond acceptors (Lipinski definition) is 3.